The molecule has 0 bridgehead atoms. The van der Waals surface area contributed by atoms with Crippen LogP contribution in [0, 0.1) is 17.0 Å². The highest BCUT2D eigenvalue weighted by molar-refractivity contribution is 5.96. The number of benzene rings is 2. The summed E-state index contributed by atoms with van der Waals surface area (Å²) in [4.78, 5) is 27.3. The summed E-state index contributed by atoms with van der Waals surface area (Å²) >= 11 is 0. The van der Waals surface area contributed by atoms with Gasteiger partial charge in [-0.25, -0.2) is 0 Å². The predicted octanol–water partition coefficient (Wildman–Crippen LogP) is 4.27. The van der Waals surface area contributed by atoms with Crippen molar-refractivity contribution in [1.82, 2.24) is 9.80 Å². The van der Waals surface area contributed by atoms with Crippen LogP contribution < -0.4 is 0 Å². The quantitative estimate of drug-likeness (QED) is 0.546. The molecule has 2 aromatic rings. The number of hydrogen-bond donors (Lipinski definition) is 0. The molecule has 0 unspecified atom stereocenters. The van der Waals surface area contributed by atoms with Gasteiger partial charge in [-0.1, -0.05) is 18.2 Å². The molecule has 0 N–H and O–H groups in total. The number of halogens is 3. The Kier molecular flexibility index (Phi) is 6.40. The Balaban J connectivity index is 1.64. The molecule has 1 amide bonds. The first-order valence-corrected chi connectivity index (χ1v) is 9.58. The van der Waals surface area contributed by atoms with Crippen LogP contribution >= 0.6 is 0 Å². The third-order valence-corrected chi connectivity index (χ3v) is 5.30. The molecule has 1 aliphatic rings. The van der Waals surface area contributed by atoms with Crippen molar-refractivity contribution in [2.75, 3.05) is 26.2 Å². The van der Waals surface area contributed by atoms with E-state index in [0.717, 1.165) is 17.7 Å². The van der Waals surface area contributed by atoms with Gasteiger partial charge in [-0.15, -0.1) is 0 Å². The highest BCUT2D eigenvalue weighted by Crippen LogP contribution is 2.29. The summed E-state index contributed by atoms with van der Waals surface area (Å²) in [6.45, 7) is 4.31. The second-order valence-corrected chi connectivity index (χ2v) is 7.32. The van der Waals surface area contributed by atoms with E-state index in [0.29, 0.717) is 50.3 Å². The molecule has 0 saturated carbocycles. The third kappa shape index (κ3) is 4.96. The topological polar surface area (TPSA) is 66.7 Å². The number of alkyl halides is 3. The van der Waals surface area contributed by atoms with Crippen molar-refractivity contribution in [2.24, 2.45) is 0 Å². The number of carbonyl (C=O) groups excluding carboxylic acids is 1. The van der Waals surface area contributed by atoms with Gasteiger partial charge in [0, 0.05) is 49.9 Å². The molecule has 1 heterocycles. The number of hydrogen-bond acceptors (Lipinski definition) is 4. The molecule has 0 atom stereocenters. The Morgan fingerprint density at radius 3 is 2.40 bits per heavy atom. The van der Waals surface area contributed by atoms with Gasteiger partial charge < -0.3 is 4.90 Å². The molecule has 3 rings (SSSR count). The smallest absolute Gasteiger partial charge is 0.337 e. The van der Waals surface area contributed by atoms with Gasteiger partial charge in [0.1, 0.15) is 0 Å². The fourth-order valence-corrected chi connectivity index (χ4v) is 3.61. The van der Waals surface area contributed by atoms with E-state index in [1.165, 1.54) is 24.3 Å². The van der Waals surface area contributed by atoms with E-state index in [1.54, 1.807) is 17.9 Å². The van der Waals surface area contributed by atoms with Crippen molar-refractivity contribution >= 4 is 11.6 Å². The lowest BCUT2D eigenvalue weighted by Crippen LogP contribution is -2.35. The second kappa shape index (κ2) is 8.83. The lowest BCUT2D eigenvalue weighted by atomic mass is 10.1. The Hall–Kier alpha value is -2.94. The normalized spacial score (nSPS) is 15.7. The minimum Gasteiger partial charge on any atom is -0.337 e. The summed E-state index contributed by atoms with van der Waals surface area (Å²) in [5, 5.41) is 11.1. The number of amides is 1. The Morgan fingerprint density at radius 2 is 1.77 bits per heavy atom. The number of rotatable bonds is 4. The zero-order valence-corrected chi connectivity index (χ0v) is 16.5. The molecule has 1 saturated heterocycles. The minimum atomic E-state index is -4.35. The zero-order valence-electron chi connectivity index (χ0n) is 16.5. The van der Waals surface area contributed by atoms with Crippen LogP contribution in [0.5, 0.6) is 0 Å². The monoisotopic (exact) mass is 421 g/mol. The SMILES string of the molecule is Cc1c(C(=O)N2CCCN(Cc3ccc(C(F)(F)F)cc3)CC2)cccc1[N+](=O)[O-]. The average molecular weight is 421 g/mol. The van der Waals surface area contributed by atoms with E-state index < -0.39 is 16.7 Å². The molecule has 0 spiro atoms. The maximum absolute atomic E-state index is 12.9. The first-order chi connectivity index (χ1) is 14.2. The largest absolute Gasteiger partial charge is 0.416 e. The molecule has 1 fully saturated rings. The van der Waals surface area contributed by atoms with Crippen LogP contribution in [0.4, 0.5) is 18.9 Å². The predicted molar refractivity (Wildman–Crippen MR) is 105 cm³/mol. The summed E-state index contributed by atoms with van der Waals surface area (Å²) in [5.41, 5.74) is 0.682. The maximum atomic E-state index is 12.9. The average Bonchev–Trinajstić information content (AvgIpc) is 2.93. The van der Waals surface area contributed by atoms with Crippen LogP contribution in [0.15, 0.2) is 42.5 Å². The first-order valence-electron chi connectivity index (χ1n) is 9.58. The summed E-state index contributed by atoms with van der Waals surface area (Å²) in [5.74, 6) is -0.243. The van der Waals surface area contributed by atoms with Gasteiger partial charge in [-0.05, 0) is 37.1 Å². The molecule has 160 valence electrons. The first kappa shape index (κ1) is 21.8. The van der Waals surface area contributed by atoms with Crippen LogP contribution in [0.1, 0.15) is 33.5 Å². The van der Waals surface area contributed by atoms with Gasteiger partial charge in [-0.2, -0.15) is 13.2 Å². The van der Waals surface area contributed by atoms with Crippen LogP contribution in [0.3, 0.4) is 0 Å². The Morgan fingerprint density at radius 1 is 1.07 bits per heavy atom. The summed E-state index contributed by atoms with van der Waals surface area (Å²) in [6, 6.07) is 9.58. The number of nitro benzene ring substituents is 1. The summed E-state index contributed by atoms with van der Waals surface area (Å²) in [7, 11) is 0. The standard InChI is InChI=1S/C21H22F3N3O3/c1-15-18(4-2-5-19(15)27(29)30)20(28)26-11-3-10-25(12-13-26)14-16-6-8-17(9-7-16)21(22,23)24/h2,4-9H,3,10-14H2,1H3. The van der Waals surface area contributed by atoms with Gasteiger partial charge in [0.25, 0.3) is 11.6 Å². The van der Waals surface area contributed by atoms with E-state index in [4.69, 9.17) is 0 Å². The highest BCUT2D eigenvalue weighted by atomic mass is 19.4. The lowest BCUT2D eigenvalue weighted by Gasteiger charge is -2.23. The lowest BCUT2D eigenvalue weighted by molar-refractivity contribution is -0.385. The van der Waals surface area contributed by atoms with Crippen LogP contribution in [0.2, 0.25) is 0 Å². The fourth-order valence-electron chi connectivity index (χ4n) is 3.61. The maximum Gasteiger partial charge on any atom is 0.416 e. The third-order valence-electron chi connectivity index (χ3n) is 5.30. The zero-order chi connectivity index (χ0) is 21.9. The molecule has 1 aliphatic heterocycles. The Labute approximate surface area is 172 Å². The Bertz CT molecular complexity index is 929. The van der Waals surface area contributed by atoms with E-state index in [1.807, 2.05) is 0 Å². The number of nitrogens with zero attached hydrogens (tertiary/aromatic N) is 3. The molecule has 0 radical (unpaired) electrons. The molecule has 30 heavy (non-hydrogen) atoms. The molecule has 6 nitrogen and oxygen atoms in total. The van der Waals surface area contributed by atoms with Gasteiger partial charge in [0.2, 0.25) is 0 Å². The van der Waals surface area contributed by atoms with Crippen molar-refractivity contribution < 1.29 is 22.9 Å². The van der Waals surface area contributed by atoms with Crippen LogP contribution in [-0.4, -0.2) is 46.8 Å². The van der Waals surface area contributed by atoms with Gasteiger partial charge in [-0.3, -0.25) is 19.8 Å². The van der Waals surface area contributed by atoms with E-state index in [2.05, 4.69) is 4.90 Å². The summed E-state index contributed by atoms with van der Waals surface area (Å²) in [6.07, 6.45) is -3.65. The number of nitro groups is 1. The molecule has 2 aromatic carbocycles. The van der Waals surface area contributed by atoms with E-state index in [-0.39, 0.29) is 11.6 Å². The van der Waals surface area contributed by atoms with E-state index >= 15 is 0 Å². The van der Waals surface area contributed by atoms with Crippen molar-refractivity contribution in [3.63, 3.8) is 0 Å². The fraction of sp³-hybridized carbons (Fsp3) is 0.381. The van der Waals surface area contributed by atoms with Crippen LogP contribution in [0.25, 0.3) is 0 Å². The van der Waals surface area contributed by atoms with Gasteiger partial charge >= 0.3 is 6.18 Å². The van der Waals surface area contributed by atoms with Crippen molar-refractivity contribution in [3.05, 3.63) is 74.8 Å². The summed E-state index contributed by atoms with van der Waals surface area (Å²) < 4.78 is 38.1. The van der Waals surface area contributed by atoms with E-state index in [9.17, 15) is 28.1 Å². The van der Waals surface area contributed by atoms with Crippen molar-refractivity contribution in [2.45, 2.75) is 26.1 Å². The minimum absolute atomic E-state index is 0.0837. The molecular weight excluding hydrogens is 399 g/mol. The highest BCUT2D eigenvalue weighted by Gasteiger charge is 2.30. The molecular formula is C21H22F3N3O3. The molecule has 9 heteroatoms. The molecule has 0 aliphatic carbocycles. The van der Waals surface area contributed by atoms with Gasteiger partial charge in [0.15, 0.2) is 0 Å². The van der Waals surface area contributed by atoms with Crippen molar-refractivity contribution in [3.8, 4) is 0 Å². The van der Waals surface area contributed by atoms with Crippen molar-refractivity contribution in [1.29, 1.82) is 0 Å². The van der Waals surface area contributed by atoms with Gasteiger partial charge in [0.05, 0.1) is 10.5 Å². The number of carbonyl (C=O) groups is 1. The van der Waals surface area contributed by atoms with Crippen LogP contribution in [-0.2, 0) is 12.7 Å². The molecule has 0 aromatic heterocycles. The second-order valence-electron chi connectivity index (χ2n) is 7.32.